The van der Waals surface area contributed by atoms with Gasteiger partial charge in [0.15, 0.2) is 0 Å². The maximum atomic E-state index is 12.1. The van der Waals surface area contributed by atoms with Crippen LogP contribution in [-0.4, -0.2) is 29.1 Å². The smallest absolute Gasteiger partial charge is 0.227 e. The van der Waals surface area contributed by atoms with E-state index < -0.39 is 5.41 Å². The van der Waals surface area contributed by atoms with E-state index >= 15 is 0 Å². The van der Waals surface area contributed by atoms with Gasteiger partial charge in [0.25, 0.3) is 0 Å². The third kappa shape index (κ3) is 2.73. The number of hydrogen-bond acceptors (Lipinski definition) is 3. The molecule has 1 aromatic heterocycles. The first kappa shape index (κ1) is 15.0. The van der Waals surface area contributed by atoms with Crippen LogP contribution in [-0.2, 0) is 24.3 Å². The monoisotopic (exact) mass is 278 g/mol. The highest BCUT2D eigenvalue weighted by atomic mass is 16.2. The fourth-order valence-corrected chi connectivity index (χ4v) is 2.81. The summed E-state index contributed by atoms with van der Waals surface area (Å²) in [5, 5.41) is 6.12. The van der Waals surface area contributed by atoms with Gasteiger partial charge >= 0.3 is 0 Å². The lowest BCUT2D eigenvalue weighted by molar-refractivity contribution is -0.129. The van der Waals surface area contributed by atoms with Crippen molar-refractivity contribution in [2.75, 3.05) is 13.6 Å². The maximum absolute atomic E-state index is 12.1. The Morgan fingerprint density at radius 1 is 1.50 bits per heavy atom. The molecule has 0 aromatic carbocycles. The average Bonchev–Trinajstić information content (AvgIpc) is 2.76. The van der Waals surface area contributed by atoms with Gasteiger partial charge in [-0.2, -0.15) is 0 Å². The van der Waals surface area contributed by atoms with Gasteiger partial charge in [0.2, 0.25) is 5.91 Å². The van der Waals surface area contributed by atoms with Crippen molar-refractivity contribution in [1.29, 1.82) is 0 Å². The van der Waals surface area contributed by atoms with E-state index in [0.717, 1.165) is 31.0 Å². The molecule has 1 aliphatic heterocycles. The molecule has 20 heavy (non-hydrogen) atoms. The highest BCUT2D eigenvalue weighted by molar-refractivity contribution is 5.81. The predicted octanol–water partition coefficient (Wildman–Crippen LogP) is 1.42. The molecular weight excluding hydrogens is 252 g/mol. The van der Waals surface area contributed by atoms with E-state index in [1.54, 1.807) is 7.05 Å². The number of nitrogens with zero attached hydrogens (tertiary/aromatic N) is 2. The van der Waals surface area contributed by atoms with Crippen molar-refractivity contribution < 1.29 is 4.79 Å². The molecule has 5 heteroatoms. The maximum Gasteiger partial charge on any atom is 0.227 e. The molecule has 0 atom stereocenters. The molecule has 0 bridgehead atoms. The highest BCUT2D eigenvalue weighted by Gasteiger charge is 2.31. The van der Waals surface area contributed by atoms with E-state index in [0.29, 0.717) is 12.5 Å². The van der Waals surface area contributed by atoms with E-state index in [9.17, 15) is 4.79 Å². The van der Waals surface area contributed by atoms with Crippen LogP contribution in [0.1, 0.15) is 50.8 Å². The zero-order valence-corrected chi connectivity index (χ0v) is 13.2. The molecule has 2 rings (SSSR count). The quantitative estimate of drug-likeness (QED) is 0.876. The summed E-state index contributed by atoms with van der Waals surface area (Å²) in [5.41, 5.74) is 2.01. The molecule has 1 aromatic rings. The van der Waals surface area contributed by atoms with Crippen molar-refractivity contribution in [3.05, 3.63) is 17.2 Å². The summed E-state index contributed by atoms with van der Waals surface area (Å²) in [6.07, 6.45) is 0.985. The largest absolute Gasteiger partial charge is 0.359 e. The van der Waals surface area contributed by atoms with Crippen LogP contribution < -0.4 is 10.6 Å². The van der Waals surface area contributed by atoms with Gasteiger partial charge in [-0.1, -0.05) is 13.8 Å². The van der Waals surface area contributed by atoms with Crippen molar-refractivity contribution in [3.8, 4) is 0 Å². The second kappa shape index (κ2) is 5.56. The van der Waals surface area contributed by atoms with Crippen LogP contribution in [0, 0.1) is 5.41 Å². The van der Waals surface area contributed by atoms with Crippen molar-refractivity contribution in [2.24, 2.45) is 5.41 Å². The standard InChI is InChI=1S/C15H26N4O/c1-10(2)13-18-11-8-17-7-6-12(11)19(13)9-15(3,4)14(20)16-5/h10,17H,6-9H2,1-5H3,(H,16,20). The Kier molecular flexibility index (Phi) is 4.18. The number of imidazole rings is 1. The first-order chi connectivity index (χ1) is 9.36. The fourth-order valence-electron chi connectivity index (χ4n) is 2.81. The fraction of sp³-hybridized carbons (Fsp3) is 0.733. The van der Waals surface area contributed by atoms with Crippen LogP contribution in [0.4, 0.5) is 0 Å². The van der Waals surface area contributed by atoms with Crippen molar-refractivity contribution in [1.82, 2.24) is 20.2 Å². The molecule has 2 N–H and O–H groups in total. The SMILES string of the molecule is CNC(=O)C(C)(C)Cn1c(C(C)C)nc2c1CCNC2. The first-order valence-corrected chi connectivity index (χ1v) is 7.38. The minimum absolute atomic E-state index is 0.0728. The molecule has 2 heterocycles. The molecule has 0 unspecified atom stereocenters. The number of fused-ring (bicyclic) bond motifs is 1. The summed E-state index contributed by atoms with van der Waals surface area (Å²) in [4.78, 5) is 16.8. The summed E-state index contributed by atoms with van der Waals surface area (Å²) >= 11 is 0. The number of aromatic nitrogens is 2. The number of nitrogens with one attached hydrogen (secondary N) is 2. The molecule has 0 saturated carbocycles. The summed E-state index contributed by atoms with van der Waals surface area (Å²) in [5.74, 6) is 1.53. The molecule has 5 nitrogen and oxygen atoms in total. The summed E-state index contributed by atoms with van der Waals surface area (Å²) in [6.45, 7) is 10.8. The van der Waals surface area contributed by atoms with Gasteiger partial charge < -0.3 is 15.2 Å². The van der Waals surface area contributed by atoms with E-state index in [-0.39, 0.29) is 5.91 Å². The molecule has 1 amide bonds. The molecular formula is C15H26N4O. The Balaban J connectivity index is 2.39. The zero-order chi connectivity index (χ0) is 14.9. The summed E-state index contributed by atoms with van der Waals surface area (Å²) < 4.78 is 2.27. The van der Waals surface area contributed by atoms with E-state index in [2.05, 4.69) is 29.0 Å². The first-order valence-electron chi connectivity index (χ1n) is 7.38. The highest BCUT2D eigenvalue weighted by Crippen LogP contribution is 2.27. The van der Waals surface area contributed by atoms with Crippen LogP contribution in [0.5, 0.6) is 0 Å². The second-order valence-corrected chi connectivity index (χ2v) is 6.49. The van der Waals surface area contributed by atoms with Gasteiger partial charge in [-0.05, 0) is 13.8 Å². The van der Waals surface area contributed by atoms with Crippen LogP contribution >= 0.6 is 0 Å². The molecule has 1 aliphatic rings. The molecule has 0 aliphatic carbocycles. The van der Waals surface area contributed by atoms with Crippen molar-refractivity contribution >= 4 is 5.91 Å². The Morgan fingerprint density at radius 3 is 2.80 bits per heavy atom. The lowest BCUT2D eigenvalue weighted by atomic mass is 9.91. The summed E-state index contributed by atoms with van der Waals surface area (Å²) in [7, 11) is 1.70. The molecule has 112 valence electrons. The Hall–Kier alpha value is -1.36. The third-order valence-corrected chi connectivity index (χ3v) is 3.93. The van der Waals surface area contributed by atoms with E-state index in [1.807, 2.05) is 13.8 Å². The molecule has 0 fully saturated rings. The zero-order valence-electron chi connectivity index (χ0n) is 13.2. The molecule has 0 saturated heterocycles. The predicted molar refractivity (Wildman–Crippen MR) is 79.6 cm³/mol. The lowest BCUT2D eigenvalue weighted by Gasteiger charge is -2.27. The third-order valence-electron chi connectivity index (χ3n) is 3.93. The number of amides is 1. The minimum Gasteiger partial charge on any atom is -0.359 e. The Morgan fingerprint density at radius 2 is 2.20 bits per heavy atom. The van der Waals surface area contributed by atoms with E-state index in [4.69, 9.17) is 4.98 Å². The van der Waals surface area contributed by atoms with Gasteiger partial charge in [-0.15, -0.1) is 0 Å². The Labute approximate surface area is 121 Å². The second-order valence-electron chi connectivity index (χ2n) is 6.49. The van der Waals surface area contributed by atoms with Crippen LogP contribution in [0.15, 0.2) is 0 Å². The van der Waals surface area contributed by atoms with Crippen molar-refractivity contribution in [2.45, 2.75) is 53.1 Å². The van der Waals surface area contributed by atoms with E-state index in [1.165, 1.54) is 5.69 Å². The van der Waals surface area contributed by atoms with Gasteiger partial charge in [0, 0.05) is 44.7 Å². The topological polar surface area (TPSA) is 59.0 Å². The summed E-state index contributed by atoms with van der Waals surface area (Å²) in [6, 6.07) is 0. The number of rotatable bonds is 4. The van der Waals surface area contributed by atoms with Gasteiger partial charge in [-0.3, -0.25) is 4.79 Å². The van der Waals surface area contributed by atoms with Crippen LogP contribution in [0.25, 0.3) is 0 Å². The van der Waals surface area contributed by atoms with Crippen LogP contribution in [0.3, 0.4) is 0 Å². The van der Waals surface area contributed by atoms with Gasteiger partial charge in [-0.25, -0.2) is 4.98 Å². The minimum atomic E-state index is -0.433. The number of carbonyl (C=O) groups excluding carboxylic acids is 1. The number of hydrogen-bond donors (Lipinski definition) is 2. The van der Waals surface area contributed by atoms with Gasteiger partial charge in [0.05, 0.1) is 11.1 Å². The molecule has 0 spiro atoms. The number of carbonyl (C=O) groups is 1. The van der Waals surface area contributed by atoms with Crippen LogP contribution in [0.2, 0.25) is 0 Å². The molecule has 0 radical (unpaired) electrons. The average molecular weight is 278 g/mol. The Bertz CT molecular complexity index is 502. The lowest BCUT2D eigenvalue weighted by Crippen LogP contribution is -2.39. The van der Waals surface area contributed by atoms with Crippen molar-refractivity contribution in [3.63, 3.8) is 0 Å². The van der Waals surface area contributed by atoms with Gasteiger partial charge in [0.1, 0.15) is 5.82 Å². The normalized spacial score (nSPS) is 15.3.